The van der Waals surface area contributed by atoms with Gasteiger partial charge in [-0.15, -0.1) is 0 Å². The molecule has 37 heavy (non-hydrogen) atoms. The topological polar surface area (TPSA) is 65.6 Å². The zero-order valence-corrected chi connectivity index (χ0v) is 22.9. The number of hydrogen-bond acceptors (Lipinski definition) is 5. The molecule has 1 atom stereocenters. The largest absolute Gasteiger partial charge is 0.459 e. The number of carbonyl (C=O) groups excluding carboxylic acids is 1. The Bertz CT molecular complexity index is 1720. The van der Waals surface area contributed by atoms with Crippen molar-refractivity contribution in [1.82, 2.24) is 9.13 Å². The molecule has 4 aromatic rings. The first-order valence-electron chi connectivity index (χ1n) is 12.2. The van der Waals surface area contributed by atoms with Gasteiger partial charge in [-0.25, -0.2) is 9.79 Å². The zero-order chi connectivity index (χ0) is 26.4. The van der Waals surface area contributed by atoms with Crippen LogP contribution in [-0.4, -0.2) is 21.2 Å². The molecule has 0 fully saturated rings. The third kappa shape index (κ3) is 4.58. The molecule has 3 heterocycles. The van der Waals surface area contributed by atoms with Crippen molar-refractivity contribution in [3.63, 3.8) is 0 Å². The van der Waals surface area contributed by atoms with Crippen molar-refractivity contribution in [3.8, 4) is 0 Å². The minimum absolute atomic E-state index is 0.201. The summed E-state index contributed by atoms with van der Waals surface area (Å²) in [5, 5.41) is 1.65. The number of allylic oxidation sites excluding steroid dienone is 1. The maximum Gasteiger partial charge on any atom is 0.338 e. The standard InChI is InChI=1S/C29H28ClN3O3S/c1-16(2)32-15-20(22-8-6-7-9-23(22)32)14-24-27(34)33-26(19-10-12-21(30)13-11-19)25(28(35)36-17(3)4)18(5)31-29(33)37-24/h6-17,26H,1-5H3. The van der Waals surface area contributed by atoms with E-state index >= 15 is 0 Å². The number of nitrogens with zero attached hydrogens (tertiary/aromatic N) is 3. The van der Waals surface area contributed by atoms with Gasteiger partial charge in [-0.05, 0) is 64.5 Å². The third-order valence-corrected chi connectivity index (χ3v) is 7.62. The highest BCUT2D eigenvalue weighted by Gasteiger charge is 2.33. The third-order valence-electron chi connectivity index (χ3n) is 6.38. The van der Waals surface area contributed by atoms with Gasteiger partial charge in [-0.1, -0.05) is 53.3 Å². The summed E-state index contributed by atoms with van der Waals surface area (Å²) in [7, 11) is 0. The summed E-state index contributed by atoms with van der Waals surface area (Å²) in [6.45, 7) is 9.66. The molecule has 1 aliphatic rings. The van der Waals surface area contributed by atoms with E-state index in [4.69, 9.17) is 16.3 Å². The van der Waals surface area contributed by atoms with Gasteiger partial charge in [0.2, 0.25) is 0 Å². The molecule has 1 aliphatic heterocycles. The van der Waals surface area contributed by atoms with Gasteiger partial charge in [0.1, 0.15) is 0 Å². The number of halogens is 1. The summed E-state index contributed by atoms with van der Waals surface area (Å²) >= 11 is 7.47. The Kier molecular flexibility index (Phi) is 6.68. The van der Waals surface area contributed by atoms with Crippen molar-refractivity contribution >= 4 is 45.9 Å². The molecule has 0 saturated carbocycles. The molecule has 6 nitrogen and oxygen atoms in total. The van der Waals surface area contributed by atoms with Crippen LogP contribution in [0.15, 0.2) is 75.8 Å². The van der Waals surface area contributed by atoms with Crippen LogP contribution in [0.2, 0.25) is 5.02 Å². The van der Waals surface area contributed by atoms with Crippen LogP contribution in [0.3, 0.4) is 0 Å². The lowest BCUT2D eigenvalue weighted by Crippen LogP contribution is -2.40. The number of carbonyl (C=O) groups is 1. The van der Waals surface area contributed by atoms with Gasteiger partial charge in [0.15, 0.2) is 4.80 Å². The molecule has 0 spiro atoms. The summed E-state index contributed by atoms with van der Waals surface area (Å²) < 4.78 is 9.92. The predicted octanol–water partition coefficient (Wildman–Crippen LogP) is 5.38. The quantitative estimate of drug-likeness (QED) is 0.324. The van der Waals surface area contributed by atoms with Crippen LogP contribution >= 0.6 is 22.9 Å². The van der Waals surface area contributed by atoms with Gasteiger partial charge in [0.25, 0.3) is 5.56 Å². The average Bonchev–Trinajstić information content (AvgIpc) is 3.36. The monoisotopic (exact) mass is 533 g/mol. The number of esters is 1. The molecule has 1 unspecified atom stereocenters. The molecule has 0 saturated heterocycles. The normalized spacial score (nSPS) is 16.0. The van der Waals surface area contributed by atoms with Crippen LogP contribution in [0, 0.1) is 0 Å². The summed E-state index contributed by atoms with van der Waals surface area (Å²) in [5.74, 6) is -0.481. The highest BCUT2D eigenvalue weighted by atomic mass is 35.5. The van der Waals surface area contributed by atoms with Gasteiger partial charge in [0.05, 0.1) is 27.9 Å². The van der Waals surface area contributed by atoms with Crippen molar-refractivity contribution in [3.05, 3.63) is 102 Å². The Morgan fingerprint density at radius 1 is 1.11 bits per heavy atom. The number of para-hydroxylation sites is 1. The van der Waals surface area contributed by atoms with Crippen molar-refractivity contribution in [2.75, 3.05) is 0 Å². The number of aromatic nitrogens is 2. The van der Waals surface area contributed by atoms with E-state index in [1.165, 1.54) is 11.3 Å². The Morgan fingerprint density at radius 2 is 1.81 bits per heavy atom. The Morgan fingerprint density at radius 3 is 2.49 bits per heavy atom. The molecule has 0 amide bonds. The summed E-state index contributed by atoms with van der Waals surface area (Å²) in [4.78, 5) is 32.4. The SMILES string of the molecule is CC1=C(C(=O)OC(C)C)C(c2ccc(Cl)cc2)n2c(sc(=Cc3cn(C(C)C)c4ccccc34)c2=O)=N1. The molecule has 0 N–H and O–H groups in total. The fourth-order valence-electron chi connectivity index (χ4n) is 4.74. The first-order valence-corrected chi connectivity index (χ1v) is 13.4. The smallest absolute Gasteiger partial charge is 0.338 e. The molecule has 5 rings (SSSR count). The van der Waals surface area contributed by atoms with E-state index < -0.39 is 12.0 Å². The highest BCUT2D eigenvalue weighted by molar-refractivity contribution is 7.07. The predicted molar refractivity (Wildman–Crippen MR) is 149 cm³/mol. The first kappa shape index (κ1) is 25.2. The van der Waals surface area contributed by atoms with E-state index in [9.17, 15) is 9.59 Å². The van der Waals surface area contributed by atoms with Crippen molar-refractivity contribution in [2.45, 2.75) is 52.8 Å². The maximum absolute atomic E-state index is 13.9. The van der Waals surface area contributed by atoms with Crippen LogP contribution in [0.4, 0.5) is 0 Å². The lowest BCUT2D eigenvalue weighted by atomic mass is 9.96. The Labute approximate surface area is 223 Å². The first-order chi connectivity index (χ1) is 17.7. The highest BCUT2D eigenvalue weighted by Crippen LogP contribution is 2.32. The molecule has 8 heteroatoms. The van der Waals surface area contributed by atoms with Gasteiger partial charge >= 0.3 is 5.97 Å². The second kappa shape index (κ2) is 9.80. The van der Waals surface area contributed by atoms with Gasteiger partial charge in [-0.2, -0.15) is 0 Å². The second-order valence-corrected chi connectivity index (χ2v) is 11.1. The summed E-state index contributed by atoms with van der Waals surface area (Å²) in [5.41, 5.74) is 3.53. The lowest BCUT2D eigenvalue weighted by molar-refractivity contribution is -0.143. The van der Waals surface area contributed by atoms with Crippen molar-refractivity contribution in [1.29, 1.82) is 0 Å². The number of fused-ring (bicyclic) bond motifs is 2. The fraction of sp³-hybridized carbons (Fsp3) is 0.276. The molecular formula is C29H28ClN3O3S. The number of rotatable bonds is 5. The minimum Gasteiger partial charge on any atom is -0.459 e. The van der Waals surface area contributed by atoms with Crippen LogP contribution in [0.25, 0.3) is 17.0 Å². The van der Waals surface area contributed by atoms with Gasteiger partial charge in [-0.3, -0.25) is 9.36 Å². The number of hydrogen-bond donors (Lipinski definition) is 0. The molecule has 0 aliphatic carbocycles. The summed E-state index contributed by atoms with van der Waals surface area (Å²) in [6, 6.07) is 15.0. The number of benzene rings is 2. The van der Waals surface area contributed by atoms with Crippen molar-refractivity contribution < 1.29 is 9.53 Å². The van der Waals surface area contributed by atoms with Gasteiger partial charge < -0.3 is 9.30 Å². The fourth-order valence-corrected chi connectivity index (χ4v) is 5.90. The molecule has 2 aromatic carbocycles. The summed E-state index contributed by atoms with van der Waals surface area (Å²) in [6.07, 6.45) is 3.71. The van der Waals surface area contributed by atoms with E-state index in [2.05, 4.69) is 41.7 Å². The Balaban J connectivity index is 1.74. The molecular weight excluding hydrogens is 506 g/mol. The van der Waals surface area contributed by atoms with Crippen LogP contribution in [0.1, 0.15) is 57.8 Å². The zero-order valence-electron chi connectivity index (χ0n) is 21.4. The average molecular weight is 534 g/mol. The molecule has 0 radical (unpaired) electrons. The van der Waals surface area contributed by atoms with E-state index in [1.807, 2.05) is 30.3 Å². The maximum atomic E-state index is 13.9. The number of thiazole rings is 1. The minimum atomic E-state index is -0.668. The van der Waals surface area contributed by atoms with Crippen LogP contribution in [0.5, 0.6) is 0 Å². The molecule has 190 valence electrons. The van der Waals surface area contributed by atoms with Gasteiger partial charge in [0, 0.05) is 33.7 Å². The lowest BCUT2D eigenvalue weighted by Gasteiger charge is -2.25. The molecule has 0 bridgehead atoms. The number of ether oxygens (including phenoxy) is 1. The molecule has 2 aromatic heterocycles. The van der Waals surface area contributed by atoms with Crippen LogP contribution < -0.4 is 14.9 Å². The second-order valence-electron chi connectivity index (χ2n) is 9.69. The van der Waals surface area contributed by atoms with E-state index in [-0.39, 0.29) is 17.7 Å². The van der Waals surface area contributed by atoms with E-state index in [1.54, 1.807) is 37.5 Å². The van der Waals surface area contributed by atoms with Crippen molar-refractivity contribution in [2.24, 2.45) is 4.99 Å². The Hall–Kier alpha value is -3.42. The van der Waals surface area contributed by atoms with Crippen LogP contribution in [-0.2, 0) is 9.53 Å². The van der Waals surface area contributed by atoms with E-state index in [0.29, 0.717) is 25.6 Å². The van der Waals surface area contributed by atoms with E-state index in [0.717, 1.165) is 22.0 Å².